The summed E-state index contributed by atoms with van der Waals surface area (Å²) in [5.41, 5.74) is 1.80. The molecule has 1 aliphatic heterocycles. The molecule has 144 valence electrons. The molecule has 0 unspecified atom stereocenters. The van der Waals surface area contributed by atoms with E-state index in [0.717, 1.165) is 29.4 Å². The first-order chi connectivity index (χ1) is 13.0. The Morgan fingerprint density at radius 2 is 2.30 bits per heavy atom. The average molecular weight is 370 g/mol. The normalized spacial score (nSPS) is 15.3. The fourth-order valence-electron chi connectivity index (χ4n) is 2.90. The van der Waals surface area contributed by atoms with Crippen LogP contribution in [0.1, 0.15) is 12.7 Å². The molecule has 8 heteroatoms. The molecule has 0 bridgehead atoms. The van der Waals surface area contributed by atoms with E-state index in [1.807, 2.05) is 37.2 Å². The largest absolute Gasteiger partial charge is 0.469 e. The number of carbonyl (C=O) groups excluding carboxylic acids is 1. The van der Waals surface area contributed by atoms with Gasteiger partial charge in [-0.15, -0.1) is 0 Å². The molecule has 8 nitrogen and oxygen atoms in total. The summed E-state index contributed by atoms with van der Waals surface area (Å²) in [6, 6.07) is 3.82. The van der Waals surface area contributed by atoms with Crippen molar-refractivity contribution in [3.05, 3.63) is 48.7 Å². The van der Waals surface area contributed by atoms with Crippen molar-refractivity contribution in [3.63, 3.8) is 0 Å². The van der Waals surface area contributed by atoms with Crippen molar-refractivity contribution in [2.24, 2.45) is 12.0 Å². The molecular formula is C19H26N6O2. The van der Waals surface area contributed by atoms with Crippen molar-refractivity contribution < 1.29 is 9.21 Å². The number of hydrogen-bond acceptors (Lipinski definition) is 4. The summed E-state index contributed by atoms with van der Waals surface area (Å²) in [5.74, 6) is 1.67. The number of piperazine rings is 1. The van der Waals surface area contributed by atoms with Gasteiger partial charge >= 0.3 is 0 Å². The molecule has 1 N–H and O–H groups in total. The summed E-state index contributed by atoms with van der Waals surface area (Å²) >= 11 is 0. The highest BCUT2D eigenvalue weighted by Crippen LogP contribution is 2.16. The number of nitrogens with zero attached hydrogens (tertiary/aromatic N) is 5. The molecule has 1 amide bonds. The van der Waals surface area contributed by atoms with Crippen molar-refractivity contribution >= 4 is 17.6 Å². The van der Waals surface area contributed by atoms with E-state index in [1.54, 1.807) is 22.0 Å². The van der Waals surface area contributed by atoms with Crippen molar-refractivity contribution in [1.82, 2.24) is 20.0 Å². The minimum atomic E-state index is 0.0325. The van der Waals surface area contributed by atoms with Gasteiger partial charge in [-0.05, 0) is 19.1 Å². The van der Waals surface area contributed by atoms with Gasteiger partial charge in [-0.25, -0.2) is 4.99 Å². The summed E-state index contributed by atoms with van der Waals surface area (Å²) in [4.78, 5) is 21.0. The first-order valence-electron chi connectivity index (χ1n) is 9.02. The molecule has 2 aromatic rings. The zero-order valence-corrected chi connectivity index (χ0v) is 15.9. The monoisotopic (exact) mass is 370 g/mol. The lowest BCUT2D eigenvalue weighted by atomic mass is 10.3. The van der Waals surface area contributed by atoms with Crippen LogP contribution < -0.4 is 10.2 Å². The Morgan fingerprint density at radius 3 is 2.93 bits per heavy atom. The molecule has 0 saturated carbocycles. The van der Waals surface area contributed by atoms with Gasteiger partial charge < -0.3 is 19.5 Å². The van der Waals surface area contributed by atoms with Crippen LogP contribution in [-0.4, -0.2) is 59.3 Å². The Balaban J connectivity index is 1.62. The second kappa shape index (κ2) is 8.57. The summed E-state index contributed by atoms with van der Waals surface area (Å²) in [5, 5.41) is 7.50. The summed E-state index contributed by atoms with van der Waals surface area (Å²) in [6.07, 6.45) is 5.99. The molecule has 27 heavy (non-hydrogen) atoms. The number of amides is 1. The van der Waals surface area contributed by atoms with Crippen molar-refractivity contribution in [2.45, 2.75) is 13.3 Å². The SMILES string of the molecule is C=C(C)CN=C(NCCc1ccco1)N1CCN(c2cnn(C)c2)C(=O)C1. The van der Waals surface area contributed by atoms with Crippen LogP contribution in [0.2, 0.25) is 0 Å². The number of aliphatic imine (C=N–C) groups is 1. The van der Waals surface area contributed by atoms with E-state index >= 15 is 0 Å². The van der Waals surface area contributed by atoms with Crippen molar-refractivity contribution in [1.29, 1.82) is 0 Å². The number of hydrogen-bond donors (Lipinski definition) is 1. The van der Waals surface area contributed by atoms with Gasteiger partial charge in [0.2, 0.25) is 5.91 Å². The highest BCUT2D eigenvalue weighted by Gasteiger charge is 2.27. The van der Waals surface area contributed by atoms with Crippen molar-refractivity contribution in [2.75, 3.05) is 37.6 Å². The van der Waals surface area contributed by atoms with E-state index < -0.39 is 0 Å². The maximum atomic E-state index is 12.6. The number of furan rings is 1. The topological polar surface area (TPSA) is 78.9 Å². The van der Waals surface area contributed by atoms with E-state index in [9.17, 15) is 4.79 Å². The van der Waals surface area contributed by atoms with Crippen LogP contribution in [0.15, 0.2) is 52.4 Å². The molecule has 3 heterocycles. The highest BCUT2D eigenvalue weighted by atomic mass is 16.3. The number of rotatable bonds is 6. The third kappa shape index (κ3) is 4.99. The molecule has 1 saturated heterocycles. The number of aromatic nitrogens is 2. The minimum Gasteiger partial charge on any atom is -0.469 e. The first-order valence-corrected chi connectivity index (χ1v) is 9.02. The first kappa shape index (κ1) is 18.8. The van der Waals surface area contributed by atoms with E-state index in [-0.39, 0.29) is 12.5 Å². The lowest BCUT2D eigenvalue weighted by Crippen LogP contribution is -2.55. The number of carbonyl (C=O) groups is 1. The summed E-state index contributed by atoms with van der Waals surface area (Å²) in [6.45, 7) is 8.62. The average Bonchev–Trinajstić information content (AvgIpc) is 3.29. The fourth-order valence-corrected chi connectivity index (χ4v) is 2.90. The maximum Gasteiger partial charge on any atom is 0.246 e. The molecule has 0 aliphatic carbocycles. The highest BCUT2D eigenvalue weighted by molar-refractivity contribution is 5.98. The summed E-state index contributed by atoms with van der Waals surface area (Å²) < 4.78 is 7.06. The van der Waals surface area contributed by atoms with Gasteiger partial charge in [0.05, 0.1) is 24.7 Å². The molecule has 1 aliphatic rings. The van der Waals surface area contributed by atoms with Crippen molar-refractivity contribution in [3.8, 4) is 0 Å². The smallest absolute Gasteiger partial charge is 0.246 e. The van der Waals surface area contributed by atoms with E-state index in [4.69, 9.17) is 4.42 Å². The van der Waals surface area contributed by atoms with Gasteiger partial charge in [-0.3, -0.25) is 9.48 Å². The van der Waals surface area contributed by atoms with Gasteiger partial charge in [0.25, 0.3) is 0 Å². The quantitative estimate of drug-likeness (QED) is 0.473. The summed E-state index contributed by atoms with van der Waals surface area (Å²) in [7, 11) is 1.84. The number of aryl methyl sites for hydroxylation is 1. The van der Waals surface area contributed by atoms with Crippen LogP contribution in [0, 0.1) is 0 Å². The second-order valence-electron chi connectivity index (χ2n) is 6.69. The molecular weight excluding hydrogens is 344 g/mol. The van der Waals surface area contributed by atoms with Crippen LogP contribution in [0.4, 0.5) is 5.69 Å². The van der Waals surface area contributed by atoms with Gasteiger partial charge in [-0.2, -0.15) is 5.10 Å². The Hall–Kier alpha value is -3.03. The molecule has 0 aromatic carbocycles. The van der Waals surface area contributed by atoms with Crippen LogP contribution >= 0.6 is 0 Å². The molecule has 0 atom stereocenters. The number of guanidine groups is 1. The molecule has 2 aromatic heterocycles. The van der Waals surface area contributed by atoms with Crippen LogP contribution in [0.25, 0.3) is 0 Å². The zero-order valence-electron chi connectivity index (χ0n) is 15.9. The Morgan fingerprint density at radius 1 is 1.44 bits per heavy atom. The van der Waals surface area contributed by atoms with Gasteiger partial charge in [0.15, 0.2) is 5.96 Å². The van der Waals surface area contributed by atoms with Gasteiger partial charge in [-0.1, -0.05) is 12.2 Å². The molecule has 3 rings (SSSR count). The Bertz CT molecular complexity index is 808. The standard InChI is InChI=1S/C19H26N6O2/c1-15(2)11-21-19(20-7-6-17-5-4-10-27-17)24-8-9-25(18(26)14-24)16-12-22-23(3)13-16/h4-5,10,12-13H,1,6-9,11,14H2,2-3H3,(H,20,21). The maximum absolute atomic E-state index is 12.6. The predicted molar refractivity (Wildman–Crippen MR) is 105 cm³/mol. The van der Waals surface area contributed by atoms with Gasteiger partial charge in [0.1, 0.15) is 12.3 Å². The third-order valence-electron chi connectivity index (χ3n) is 4.26. The van der Waals surface area contributed by atoms with E-state index in [0.29, 0.717) is 26.2 Å². The third-order valence-corrected chi connectivity index (χ3v) is 4.26. The fraction of sp³-hybridized carbons (Fsp3) is 0.421. The van der Waals surface area contributed by atoms with E-state index in [2.05, 4.69) is 22.0 Å². The van der Waals surface area contributed by atoms with E-state index in [1.165, 1.54) is 0 Å². The zero-order chi connectivity index (χ0) is 19.2. The van der Waals surface area contributed by atoms with Crippen LogP contribution in [0.5, 0.6) is 0 Å². The Kier molecular flexibility index (Phi) is 5.95. The predicted octanol–water partition coefficient (Wildman–Crippen LogP) is 1.43. The Labute approximate surface area is 159 Å². The van der Waals surface area contributed by atoms with Crippen LogP contribution in [-0.2, 0) is 18.3 Å². The lowest BCUT2D eigenvalue weighted by Gasteiger charge is -2.35. The molecule has 1 fully saturated rings. The number of anilines is 1. The lowest BCUT2D eigenvalue weighted by molar-refractivity contribution is -0.120. The second-order valence-corrected chi connectivity index (χ2v) is 6.69. The van der Waals surface area contributed by atoms with Crippen LogP contribution in [0.3, 0.4) is 0 Å². The molecule has 0 spiro atoms. The number of nitrogens with one attached hydrogen (secondary N) is 1. The minimum absolute atomic E-state index is 0.0325. The molecule has 0 radical (unpaired) electrons. The van der Waals surface area contributed by atoms with Gasteiger partial charge in [0, 0.05) is 39.3 Å².